The van der Waals surface area contributed by atoms with Crippen LogP contribution in [0.25, 0.3) is 0 Å². The second-order valence-electron chi connectivity index (χ2n) is 6.88. The van der Waals surface area contributed by atoms with Crippen molar-refractivity contribution in [2.45, 2.75) is 32.7 Å². The number of amides is 2. The molecule has 0 radical (unpaired) electrons. The van der Waals surface area contributed by atoms with E-state index in [-0.39, 0.29) is 30.9 Å². The number of carbonyl (C=O) groups excluding carboxylic acids is 2. The molecule has 5 nitrogen and oxygen atoms in total. The molecule has 0 bridgehead atoms. The molecule has 2 aromatic carbocycles. The average molecular weight is 386 g/mol. The van der Waals surface area contributed by atoms with Crippen LogP contribution in [0, 0.1) is 6.92 Å². The summed E-state index contributed by atoms with van der Waals surface area (Å²) < 4.78 is 0. The lowest BCUT2D eigenvalue weighted by molar-refractivity contribution is -0.123. The van der Waals surface area contributed by atoms with Crippen molar-refractivity contribution in [3.63, 3.8) is 0 Å². The van der Waals surface area contributed by atoms with Gasteiger partial charge in [0, 0.05) is 22.4 Å². The molecule has 0 aromatic heterocycles. The minimum Gasteiger partial charge on any atom is -0.359 e. The highest BCUT2D eigenvalue weighted by atomic mass is 35.5. The highest BCUT2D eigenvalue weighted by Crippen LogP contribution is 2.30. The Morgan fingerprint density at radius 1 is 1.15 bits per heavy atom. The molecule has 0 unspecified atom stereocenters. The van der Waals surface area contributed by atoms with E-state index in [1.165, 1.54) is 5.56 Å². The van der Waals surface area contributed by atoms with Crippen molar-refractivity contribution in [2.75, 3.05) is 23.3 Å². The van der Waals surface area contributed by atoms with Crippen LogP contribution in [0.15, 0.2) is 42.5 Å². The minimum absolute atomic E-state index is 0.0747. The van der Waals surface area contributed by atoms with E-state index in [9.17, 15) is 9.59 Å². The van der Waals surface area contributed by atoms with Crippen LogP contribution in [0.2, 0.25) is 5.02 Å². The van der Waals surface area contributed by atoms with Crippen molar-refractivity contribution in [1.82, 2.24) is 5.32 Å². The zero-order valence-corrected chi connectivity index (χ0v) is 16.3. The smallest absolute Gasteiger partial charge is 0.243 e. The topological polar surface area (TPSA) is 61.4 Å². The van der Waals surface area contributed by atoms with Gasteiger partial charge in [0.2, 0.25) is 11.8 Å². The van der Waals surface area contributed by atoms with Crippen molar-refractivity contribution >= 4 is 34.8 Å². The summed E-state index contributed by atoms with van der Waals surface area (Å²) in [6.45, 7) is 4.12. The van der Waals surface area contributed by atoms with Crippen molar-refractivity contribution in [2.24, 2.45) is 0 Å². The molecule has 0 aliphatic carbocycles. The van der Waals surface area contributed by atoms with Gasteiger partial charge in [0.1, 0.15) is 0 Å². The largest absolute Gasteiger partial charge is 0.359 e. The molecule has 1 aliphatic rings. The molecule has 1 aliphatic heterocycles. The summed E-state index contributed by atoms with van der Waals surface area (Å²) >= 11 is 6.06. The Balaban J connectivity index is 1.55. The first kappa shape index (κ1) is 19.2. The second kappa shape index (κ2) is 8.44. The zero-order valence-electron chi connectivity index (χ0n) is 15.6. The number of para-hydroxylation sites is 1. The predicted molar refractivity (Wildman–Crippen MR) is 109 cm³/mol. The van der Waals surface area contributed by atoms with Gasteiger partial charge in [0.25, 0.3) is 0 Å². The molecule has 1 heterocycles. The van der Waals surface area contributed by atoms with Crippen LogP contribution < -0.4 is 15.5 Å². The number of nitrogens with one attached hydrogen (secondary N) is 2. The quantitative estimate of drug-likeness (QED) is 0.827. The fourth-order valence-corrected chi connectivity index (χ4v) is 3.50. The van der Waals surface area contributed by atoms with Gasteiger partial charge >= 0.3 is 0 Å². The van der Waals surface area contributed by atoms with Gasteiger partial charge in [-0.15, -0.1) is 0 Å². The van der Waals surface area contributed by atoms with Crippen molar-refractivity contribution in [3.05, 3.63) is 58.6 Å². The lowest BCUT2D eigenvalue weighted by Gasteiger charge is -2.36. The van der Waals surface area contributed by atoms with Gasteiger partial charge in [-0.1, -0.05) is 35.9 Å². The van der Waals surface area contributed by atoms with Gasteiger partial charge in [-0.05, 0) is 56.0 Å². The number of hydrogen-bond donors (Lipinski definition) is 2. The van der Waals surface area contributed by atoms with Crippen LogP contribution in [-0.4, -0.2) is 30.9 Å². The molecule has 0 spiro atoms. The van der Waals surface area contributed by atoms with E-state index in [0.717, 1.165) is 24.1 Å². The Hall–Kier alpha value is -2.53. The first-order valence-electron chi connectivity index (χ1n) is 9.12. The van der Waals surface area contributed by atoms with Crippen molar-refractivity contribution in [1.29, 1.82) is 0 Å². The first-order chi connectivity index (χ1) is 13.0. The molecular formula is C21H24ClN3O2. The molecule has 142 valence electrons. The molecular weight excluding hydrogens is 362 g/mol. The van der Waals surface area contributed by atoms with Crippen LogP contribution in [-0.2, 0) is 16.0 Å². The Morgan fingerprint density at radius 2 is 1.93 bits per heavy atom. The van der Waals surface area contributed by atoms with E-state index < -0.39 is 0 Å². The highest BCUT2D eigenvalue weighted by molar-refractivity contribution is 6.31. The maximum atomic E-state index is 12.4. The fourth-order valence-electron chi connectivity index (χ4n) is 3.33. The van der Waals surface area contributed by atoms with Gasteiger partial charge in [-0.25, -0.2) is 0 Å². The van der Waals surface area contributed by atoms with E-state index in [4.69, 9.17) is 11.6 Å². The monoisotopic (exact) mass is 385 g/mol. The van der Waals surface area contributed by atoms with Crippen LogP contribution in [0.3, 0.4) is 0 Å². The number of halogens is 1. The number of aryl methyl sites for hydroxylation is 1. The summed E-state index contributed by atoms with van der Waals surface area (Å²) in [4.78, 5) is 26.6. The normalized spacial score (nSPS) is 15.8. The number of fused-ring (bicyclic) bond motifs is 1. The molecule has 2 aromatic rings. The van der Waals surface area contributed by atoms with E-state index >= 15 is 0 Å². The summed E-state index contributed by atoms with van der Waals surface area (Å²) in [6, 6.07) is 13.8. The molecule has 6 heteroatoms. The van der Waals surface area contributed by atoms with Crippen LogP contribution in [0.5, 0.6) is 0 Å². The van der Waals surface area contributed by atoms with Crippen LogP contribution >= 0.6 is 11.6 Å². The minimum atomic E-state index is -0.277. The molecule has 3 rings (SSSR count). The van der Waals surface area contributed by atoms with Gasteiger partial charge in [0.15, 0.2) is 0 Å². The van der Waals surface area contributed by atoms with Gasteiger partial charge < -0.3 is 15.5 Å². The summed E-state index contributed by atoms with van der Waals surface area (Å²) in [7, 11) is 0. The van der Waals surface area contributed by atoms with Gasteiger partial charge in [0.05, 0.1) is 13.1 Å². The SMILES string of the molecule is Cc1c(Cl)cccc1NC(=O)CNC(=O)CN1c2ccccc2CC[C@H]1C. The second-order valence-corrected chi connectivity index (χ2v) is 7.29. The third-order valence-corrected chi connectivity index (χ3v) is 5.38. The third-order valence-electron chi connectivity index (χ3n) is 4.97. The third kappa shape index (κ3) is 4.61. The summed E-state index contributed by atoms with van der Waals surface area (Å²) in [5.74, 6) is -0.447. The molecule has 2 amide bonds. The molecule has 0 saturated carbocycles. The van der Waals surface area contributed by atoms with Crippen LogP contribution in [0.1, 0.15) is 24.5 Å². The number of nitrogens with zero attached hydrogens (tertiary/aromatic N) is 1. The summed E-state index contributed by atoms with van der Waals surface area (Å²) in [6.07, 6.45) is 2.04. The highest BCUT2D eigenvalue weighted by Gasteiger charge is 2.24. The van der Waals surface area contributed by atoms with E-state index in [2.05, 4.69) is 28.5 Å². The Kier molecular flexibility index (Phi) is 6.01. The number of carbonyl (C=O) groups is 2. The van der Waals surface area contributed by atoms with Crippen LogP contribution in [0.4, 0.5) is 11.4 Å². The standard InChI is InChI=1S/C21H24ClN3O2/c1-14-10-11-16-6-3-4-9-19(16)25(14)13-21(27)23-12-20(26)24-18-8-5-7-17(22)15(18)2/h3-9,14H,10-13H2,1-2H3,(H,23,27)(H,24,26)/t14-/m1/s1. The fraction of sp³-hybridized carbons (Fsp3) is 0.333. The first-order valence-corrected chi connectivity index (χ1v) is 9.49. The summed E-state index contributed by atoms with van der Waals surface area (Å²) in [5.41, 5.74) is 3.82. The molecule has 1 atom stereocenters. The Bertz CT molecular complexity index is 853. The average Bonchev–Trinajstić information content (AvgIpc) is 2.66. The van der Waals surface area contributed by atoms with Gasteiger partial charge in [-0.3, -0.25) is 9.59 Å². The predicted octanol–water partition coefficient (Wildman–Crippen LogP) is 3.54. The van der Waals surface area contributed by atoms with E-state index in [1.807, 2.05) is 25.1 Å². The zero-order chi connectivity index (χ0) is 19.4. The van der Waals surface area contributed by atoms with Gasteiger partial charge in [-0.2, -0.15) is 0 Å². The Labute approximate surface area is 164 Å². The lowest BCUT2D eigenvalue weighted by Crippen LogP contribution is -2.45. The molecule has 2 N–H and O–H groups in total. The maximum Gasteiger partial charge on any atom is 0.243 e. The maximum absolute atomic E-state index is 12.4. The molecule has 0 fully saturated rings. The van der Waals surface area contributed by atoms with Crippen molar-refractivity contribution in [3.8, 4) is 0 Å². The molecule has 0 saturated heterocycles. The van der Waals surface area contributed by atoms with E-state index in [0.29, 0.717) is 10.7 Å². The summed E-state index contributed by atoms with van der Waals surface area (Å²) in [5, 5.41) is 6.08. The molecule has 27 heavy (non-hydrogen) atoms. The lowest BCUT2D eigenvalue weighted by atomic mass is 9.97. The van der Waals surface area contributed by atoms with E-state index in [1.54, 1.807) is 18.2 Å². The number of rotatable bonds is 5. The number of hydrogen-bond acceptors (Lipinski definition) is 3. The Morgan fingerprint density at radius 3 is 2.74 bits per heavy atom. The van der Waals surface area contributed by atoms with Crippen molar-refractivity contribution < 1.29 is 9.59 Å². The number of anilines is 2. The number of benzene rings is 2.